The number of fused-ring (bicyclic) bond motifs is 1. The van der Waals surface area contributed by atoms with Crippen molar-refractivity contribution in [1.82, 2.24) is 4.57 Å². The van der Waals surface area contributed by atoms with Crippen LogP contribution in [0.4, 0.5) is 4.39 Å². The summed E-state index contributed by atoms with van der Waals surface area (Å²) in [6, 6.07) is 11.8. The van der Waals surface area contributed by atoms with Crippen molar-refractivity contribution in [3.05, 3.63) is 59.5 Å². The summed E-state index contributed by atoms with van der Waals surface area (Å²) in [6.07, 6.45) is 1.37. The Morgan fingerprint density at radius 1 is 1.19 bits per heavy atom. The minimum atomic E-state index is -0.679. The molecule has 0 aliphatic heterocycles. The maximum Gasteiger partial charge on any atom is 0.166 e. The molecule has 0 spiro atoms. The Kier molecular flexibility index (Phi) is 3.10. The molecule has 3 rings (SSSR count). The molecule has 0 atom stereocenters. The van der Waals surface area contributed by atoms with Crippen molar-refractivity contribution < 1.29 is 14.7 Å². The standard InChI is InChI=1S/C16H13FN2O2/c1-10-13(9-18-21)12-4-2-3-5-15(12)19(10)11-6-7-16(20)14(17)8-11/h2-9,20-21H,1H3/b18-9-. The molecule has 4 nitrogen and oxygen atoms in total. The van der Waals surface area contributed by atoms with Crippen molar-refractivity contribution in [2.75, 3.05) is 0 Å². The molecule has 1 heterocycles. The smallest absolute Gasteiger partial charge is 0.166 e. The van der Waals surface area contributed by atoms with Crippen LogP contribution in [-0.4, -0.2) is 21.1 Å². The summed E-state index contributed by atoms with van der Waals surface area (Å²) in [5.41, 5.74) is 3.05. The van der Waals surface area contributed by atoms with Crippen LogP contribution < -0.4 is 0 Å². The Morgan fingerprint density at radius 3 is 2.67 bits per heavy atom. The van der Waals surface area contributed by atoms with Crippen LogP contribution in [0, 0.1) is 12.7 Å². The van der Waals surface area contributed by atoms with Crippen molar-refractivity contribution >= 4 is 17.1 Å². The summed E-state index contributed by atoms with van der Waals surface area (Å²) >= 11 is 0. The highest BCUT2D eigenvalue weighted by atomic mass is 19.1. The van der Waals surface area contributed by atoms with Gasteiger partial charge in [-0.3, -0.25) is 0 Å². The number of halogens is 1. The molecule has 1 aromatic heterocycles. The third-order valence-corrected chi connectivity index (χ3v) is 3.54. The van der Waals surface area contributed by atoms with Crippen LogP contribution in [0.15, 0.2) is 47.6 Å². The Morgan fingerprint density at radius 2 is 1.95 bits per heavy atom. The maximum atomic E-state index is 13.6. The number of phenolic OH excluding ortho intramolecular Hbond substituents is 1. The van der Waals surface area contributed by atoms with Gasteiger partial charge in [0.25, 0.3) is 0 Å². The number of aromatic nitrogens is 1. The molecule has 2 aromatic carbocycles. The summed E-state index contributed by atoms with van der Waals surface area (Å²) in [7, 11) is 0. The lowest BCUT2D eigenvalue weighted by atomic mass is 10.1. The average molecular weight is 284 g/mol. The summed E-state index contributed by atoms with van der Waals surface area (Å²) in [5.74, 6) is -1.06. The molecule has 0 fully saturated rings. The Hall–Kier alpha value is -2.82. The monoisotopic (exact) mass is 284 g/mol. The van der Waals surface area contributed by atoms with Crippen LogP contribution in [0.1, 0.15) is 11.3 Å². The zero-order chi connectivity index (χ0) is 15.0. The second kappa shape index (κ2) is 4.94. The van der Waals surface area contributed by atoms with Gasteiger partial charge in [-0.15, -0.1) is 0 Å². The van der Waals surface area contributed by atoms with Gasteiger partial charge in [0.05, 0.1) is 11.7 Å². The highest BCUT2D eigenvalue weighted by Gasteiger charge is 2.14. The van der Waals surface area contributed by atoms with Crippen LogP contribution in [0.2, 0.25) is 0 Å². The fourth-order valence-electron chi connectivity index (χ4n) is 2.58. The molecule has 0 aliphatic carbocycles. The number of para-hydroxylation sites is 1. The molecule has 5 heteroatoms. The maximum absolute atomic E-state index is 13.6. The number of benzene rings is 2. The predicted molar refractivity (Wildman–Crippen MR) is 79.0 cm³/mol. The van der Waals surface area contributed by atoms with E-state index >= 15 is 0 Å². The van der Waals surface area contributed by atoms with Crippen molar-refractivity contribution in [1.29, 1.82) is 0 Å². The van der Waals surface area contributed by atoms with Crippen LogP contribution >= 0.6 is 0 Å². The van der Waals surface area contributed by atoms with Gasteiger partial charge in [-0.1, -0.05) is 23.4 Å². The van der Waals surface area contributed by atoms with Gasteiger partial charge in [0.15, 0.2) is 11.6 Å². The van der Waals surface area contributed by atoms with Crippen molar-refractivity contribution in [2.45, 2.75) is 6.92 Å². The molecule has 0 bridgehead atoms. The van der Waals surface area contributed by atoms with Crippen LogP contribution in [0.25, 0.3) is 16.6 Å². The van der Waals surface area contributed by atoms with Gasteiger partial charge >= 0.3 is 0 Å². The zero-order valence-electron chi connectivity index (χ0n) is 11.3. The lowest BCUT2D eigenvalue weighted by Crippen LogP contribution is -1.98. The fraction of sp³-hybridized carbons (Fsp3) is 0.0625. The van der Waals surface area contributed by atoms with E-state index < -0.39 is 5.82 Å². The van der Waals surface area contributed by atoms with Crippen LogP contribution in [-0.2, 0) is 0 Å². The van der Waals surface area contributed by atoms with E-state index in [1.807, 2.05) is 35.8 Å². The molecule has 0 saturated heterocycles. The Labute approximate surface area is 120 Å². The van der Waals surface area contributed by atoms with Gasteiger partial charge in [-0.25, -0.2) is 4.39 Å². The molecule has 21 heavy (non-hydrogen) atoms. The quantitative estimate of drug-likeness (QED) is 0.429. The molecule has 3 aromatic rings. The molecular weight excluding hydrogens is 271 g/mol. The minimum absolute atomic E-state index is 0.384. The van der Waals surface area contributed by atoms with E-state index in [1.54, 1.807) is 6.07 Å². The van der Waals surface area contributed by atoms with E-state index in [-0.39, 0.29) is 5.75 Å². The van der Waals surface area contributed by atoms with Gasteiger partial charge in [0.2, 0.25) is 0 Å². The second-order valence-corrected chi connectivity index (χ2v) is 4.73. The van der Waals surface area contributed by atoms with Gasteiger partial charge in [0, 0.05) is 28.4 Å². The summed E-state index contributed by atoms with van der Waals surface area (Å²) in [5, 5.41) is 22.2. The summed E-state index contributed by atoms with van der Waals surface area (Å²) < 4.78 is 15.5. The van der Waals surface area contributed by atoms with Gasteiger partial charge in [-0.05, 0) is 25.1 Å². The molecule has 2 N–H and O–H groups in total. The minimum Gasteiger partial charge on any atom is -0.505 e. The van der Waals surface area contributed by atoms with E-state index in [2.05, 4.69) is 5.16 Å². The molecular formula is C16H13FN2O2. The number of phenols is 1. The highest BCUT2D eigenvalue weighted by Crippen LogP contribution is 2.29. The normalized spacial score (nSPS) is 11.5. The van der Waals surface area contributed by atoms with E-state index in [0.717, 1.165) is 22.2 Å². The van der Waals surface area contributed by atoms with E-state index in [0.29, 0.717) is 5.69 Å². The number of hydrogen-bond acceptors (Lipinski definition) is 3. The first-order valence-electron chi connectivity index (χ1n) is 6.40. The molecule has 0 amide bonds. The first-order valence-corrected chi connectivity index (χ1v) is 6.40. The lowest BCUT2D eigenvalue weighted by Gasteiger charge is -2.09. The molecule has 0 unspecified atom stereocenters. The van der Waals surface area contributed by atoms with Crippen molar-refractivity contribution in [2.24, 2.45) is 5.16 Å². The molecule has 0 radical (unpaired) electrons. The second-order valence-electron chi connectivity index (χ2n) is 4.73. The summed E-state index contributed by atoms with van der Waals surface area (Å²) in [6.45, 7) is 1.86. The number of aromatic hydroxyl groups is 1. The van der Waals surface area contributed by atoms with Gasteiger partial charge in [-0.2, -0.15) is 0 Å². The highest BCUT2D eigenvalue weighted by molar-refractivity contribution is 6.01. The Balaban J connectivity index is 2.36. The zero-order valence-corrected chi connectivity index (χ0v) is 11.3. The SMILES string of the molecule is Cc1c(/C=N\O)c2ccccc2n1-c1ccc(O)c(F)c1. The number of rotatable bonds is 2. The first-order chi connectivity index (χ1) is 10.1. The molecule has 0 saturated carbocycles. The topological polar surface area (TPSA) is 57.8 Å². The van der Waals surface area contributed by atoms with Crippen LogP contribution in [0.3, 0.4) is 0 Å². The molecule has 0 aliphatic rings. The largest absolute Gasteiger partial charge is 0.505 e. The van der Waals surface area contributed by atoms with Gasteiger partial charge in [0.1, 0.15) is 0 Å². The van der Waals surface area contributed by atoms with Crippen molar-refractivity contribution in [3.63, 3.8) is 0 Å². The third-order valence-electron chi connectivity index (χ3n) is 3.54. The lowest BCUT2D eigenvalue weighted by molar-refractivity contribution is 0.322. The first kappa shape index (κ1) is 13.2. The fourth-order valence-corrected chi connectivity index (χ4v) is 2.58. The van der Waals surface area contributed by atoms with E-state index in [1.165, 1.54) is 18.3 Å². The number of hydrogen-bond donors (Lipinski definition) is 2. The average Bonchev–Trinajstić information content (AvgIpc) is 2.76. The van der Waals surface area contributed by atoms with E-state index in [9.17, 15) is 9.50 Å². The van der Waals surface area contributed by atoms with Crippen LogP contribution in [0.5, 0.6) is 5.75 Å². The summed E-state index contributed by atoms with van der Waals surface area (Å²) in [4.78, 5) is 0. The Bertz CT molecular complexity index is 853. The molecule has 106 valence electrons. The predicted octanol–water partition coefficient (Wildman–Crippen LogP) is 3.59. The third kappa shape index (κ3) is 2.03. The number of nitrogens with zero attached hydrogens (tertiary/aromatic N) is 2. The number of oxime groups is 1. The van der Waals surface area contributed by atoms with Gasteiger partial charge < -0.3 is 14.9 Å². The van der Waals surface area contributed by atoms with E-state index in [4.69, 9.17) is 5.21 Å². The van der Waals surface area contributed by atoms with Crippen molar-refractivity contribution in [3.8, 4) is 11.4 Å².